The van der Waals surface area contributed by atoms with Gasteiger partial charge in [-0.25, -0.2) is 0 Å². The Kier molecular flexibility index (Phi) is 2.53. The van der Waals surface area contributed by atoms with Crippen LogP contribution in [-0.4, -0.2) is 12.1 Å². The number of hydrogen-bond acceptors (Lipinski definition) is 2. The second-order valence-corrected chi connectivity index (χ2v) is 5.24. The van der Waals surface area contributed by atoms with Crippen molar-refractivity contribution in [3.63, 3.8) is 0 Å². The highest BCUT2D eigenvalue weighted by atomic mass is 16.1. The molecule has 0 aromatic rings. The number of fused-ring (bicyclic) bond motifs is 1. The van der Waals surface area contributed by atoms with Gasteiger partial charge in [-0.3, -0.25) is 9.59 Å². The van der Waals surface area contributed by atoms with E-state index >= 15 is 0 Å². The molecule has 0 aromatic carbocycles. The molecule has 3 atom stereocenters. The van der Waals surface area contributed by atoms with E-state index in [9.17, 15) is 9.59 Å². The lowest BCUT2D eigenvalue weighted by Gasteiger charge is -2.46. The van der Waals surface area contributed by atoms with Crippen LogP contribution < -0.4 is 0 Å². The number of rotatable bonds is 1. The van der Waals surface area contributed by atoms with Crippen LogP contribution in [0.2, 0.25) is 0 Å². The van der Waals surface area contributed by atoms with Gasteiger partial charge in [0.15, 0.2) is 12.1 Å². The van der Waals surface area contributed by atoms with Gasteiger partial charge in [-0.15, -0.1) is 0 Å². The van der Waals surface area contributed by atoms with E-state index in [0.29, 0.717) is 23.8 Å². The fraction of sp³-hybridized carbons (Fsp3) is 0.692. The second kappa shape index (κ2) is 3.58. The van der Waals surface area contributed by atoms with Crippen molar-refractivity contribution in [1.82, 2.24) is 0 Å². The summed E-state index contributed by atoms with van der Waals surface area (Å²) in [6, 6.07) is 0. The third kappa shape index (κ3) is 1.56. The minimum absolute atomic E-state index is 0.0431. The zero-order chi connectivity index (χ0) is 11.1. The van der Waals surface area contributed by atoms with E-state index in [1.165, 1.54) is 12.8 Å². The molecule has 0 N–H and O–H groups in total. The molecule has 0 saturated heterocycles. The summed E-state index contributed by atoms with van der Waals surface area (Å²) in [5, 5.41) is 0. The van der Waals surface area contributed by atoms with Gasteiger partial charge < -0.3 is 0 Å². The van der Waals surface area contributed by atoms with E-state index < -0.39 is 0 Å². The molecule has 2 aliphatic rings. The van der Waals surface area contributed by atoms with Crippen molar-refractivity contribution in [2.75, 3.05) is 0 Å². The van der Waals surface area contributed by atoms with Crippen LogP contribution in [0, 0.1) is 17.3 Å². The summed E-state index contributed by atoms with van der Waals surface area (Å²) < 4.78 is 0. The van der Waals surface area contributed by atoms with Crippen LogP contribution >= 0.6 is 0 Å². The Bertz CT molecular complexity index is 329. The summed E-state index contributed by atoms with van der Waals surface area (Å²) in [4.78, 5) is 22.4. The molecule has 2 aliphatic carbocycles. The molecule has 0 bridgehead atoms. The lowest BCUT2D eigenvalue weighted by atomic mass is 9.57. The maximum atomic E-state index is 11.6. The predicted octanol–water partition coefficient (Wildman–Crippen LogP) is 2.53. The van der Waals surface area contributed by atoms with E-state index in [1.54, 1.807) is 0 Å². The summed E-state index contributed by atoms with van der Waals surface area (Å²) in [7, 11) is 0. The topological polar surface area (TPSA) is 34.1 Å². The van der Waals surface area contributed by atoms with Crippen LogP contribution in [0.25, 0.3) is 0 Å². The van der Waals surface area contributed by atoms with E-state index in [1.807, 2.05) is 6.08 Å². The van der Waals surface area contributed by atoms with Crippen LogP contribution in [0.5, 0.6) is 0 Å². The van der Waals surface area contributed by atoms with Crippen molar-refractivity contribution in [2.24, 2.45) is 17.3 Å². The molecule has 0 heterocycles. The highest BCUT2D eigenvalue weighted by molar-refractivity contribution is 6.12. The standard InChI is InChI=1S/C13H18O2/c1-9-4-3-5-11-6-12(15)10(8-14)7-13(9,11)2/h7-9,11H,3-6H2,1-2H3/t9-,11?,13+/m0/s1. The van der Waals surface area contributed by atoms with E-state index in [-0.39, 0.29) is 11.2 Å². The van der Waals surface area contributed by atoms with Gasteiger partial charge in [-0.2, -0.15) is 0 Å². The summed E-state index contributed by atoms with van der Waals surface area (Å²) in [6.45, 7) is 4.44. The van der Waals surface area contributed by atoms with Crippen molar-refractivity contribution in [1.29, 1.82) is 0 Å². The molecule has 1 fully saturated rings. The largest absolute Gasteiger partial charge is 0.298 e. The first-order chi connectivity index (χ1) is 7.08. The molecule has 2 rings (SSSR count). The average molecular weight is 206 g/mol. The third-order valence-corrected chi connectivity index (χ3v) is 4.48. The van der Waals surface area contributed by atoms with Gasteiger partial charge in [0.2, 0.25) is 0 Å². The number of ketones is 1. The smallest absolute Gasteiger partial charge is 0.166 e. The van der Waals surface area contributed by atoms with Gasteiger partial charge in [0.1, 0.15) is 0 Å². The Balaban J connectivity index is 2.40. The Morgan fingerprint density at radius 2 is 2.20 bits per heavy atom. The molecule has 82 valence electrons. The number of allylic oxidation sites excluding steroid dienone is 2. The maximum Gasteiger partial charge on any atom is 0.166 e. The molecule has 2 heteroatoms. The van der Waals surface area contributed by atoms with Crippen LogP contribution in [0.15, 0.2) is 11.6 Å². The van der Waals surface area contributed by atoms with Crippen LogP contribution in [0.4, 0.5) is 0 Å². The Labute approximate surface area is 90.7 Å². The Morgan fingerprint density at radius 1 is 1.47 bits per heavy atom. The summed E-state index contributed by atoms with van der Waals surface area (Å²) >= 11 is 0. The fourth-order valence-electron chi connectivity index (χ4n) is 3.13. The normalized spacial score (nSPS) is 40.7. The first-order valence-corrected chi connectivity index (χ1v) is 5.79. The van der Waals surface area contributed by atoms with Crippen molar-refractivity contribution >= 4 is 12.1 Å². The van der Waals surface area contributed by atoms with Gasteiger partial charge in [0.25, 0.3) is 0 Å². The minimum atomic E-state index is 0.0431. The summed E-state index contributed by atoms with van der Waals surface area (Å²) in [5.74, 6) is 1.08. The van der Waals surface area contributed by atoms with Crippen molar-refractivity contribution in [3.05, 3.63) is 11.6 Å². The summed E-state index contributed by atoms with van der Waals surface area (Å²) in [6.07, 6.45) is 6.81. The highest BCUT2D eigenvalue weighted by Crippen LogP contribution is 2.50. The SMILES string of the molecule is C[C@H]1CCCC2CC(=O)C(C=O)=C[C@@]21C. The van der Waals surface area contributed by atoms with Crippen molar-refractivity contribution in [3.8, 4) is 0 Å². The quantitative estimate of drug-likeness (QED) is 0.488. The first-order valence-electron chi connectivity index (χ1n) is 5.79. The zero-order valence-electron chi connectivity index (χ0n) is 9.45. The molecule has 15 heavy (non-hydrogen) atoms. The maximum absolute atomic E-state index is 11.6. The predicted molar refractivity (Wildman–Crippen MR) is 58.4 cm³/mol. The lowest BCUT2D eigenvalue weighted by Crippen LogP contribution is -2.41. The average Bonchev–Trinajstić information content (AvgIpc) is 2.21. The molecule has 0 aromatic heterocycles. The first kappa shape index (κ1) is 10.6. The molecule has 1 saturated carbocycles. The molecular formula is C13H18O2. The number of carbonyl (C=O) groups is 2. The number of carbonyl (C=O) groups excluding carboxylic acids is 2. The van der Waals surface area contributed by atoms with E-state index in [2.05, 4.69) is 13.8 Å². The third-order valence-electron chi connectivity index (χ3n) is 4.48. The van der Waals surface area contributed by atoms with E-state index in [0.717, 1.165) is 12.7 Å². The van der Waals surface area contributed by atoms with Gasteiger partial charge in [-0.05, 0) is 30.1 Å². The number of Topliss-reactive ketones (excluding diaryl/α,β-unsaturated/α-hetero) is 1. The number of hydrogen-bond donors (Lipinski definition) is 0. The van der Waals surface area contributed by atoms with Crippen molar-refractivity contribution in [2.45, 2.75) is 39.5 Å². The molecule has 0 radical (unpaired) electrons. The number of aldehydes is 1. The fourth-order valence-corrected chi connectivity index (χ4v) is 3.13. The van der Waals surface area contributed by atoms with E-state index in [4.69, 9.17) is 0 Å². The molecule has 0 amide bonds. The molecule has 0 spiro atoms. The van der Waals surface area contributed by atoms with Crippen LogP contribution in [0.3, 0.4) is 0 Å². The molecule has 0 aliphatic heterocycles. The van der Waals surface area contributed by atoms with Gasteiger partial charge in [0.05, 0.1) is 5.57 Å². The van der Waals surface area contributed by atoms with Crippen molar-refractivity contribution < 1.29 is 9.59 Å². The van der Waals surface area contributed by atoms with Crippen LogP contribution in [0.1, 0.15) is 39.5 Å². The Hall–Kier alpha value is -0.920. The van der Waals surface area contributed by atoms with Gasteiger partial charge >= 0.3 is 0 Å². The van der Waals surface area contributed by atoms with Gasteiger partial charge in [0, 0.05) is 6.42 Å². The molecule has 2 nitrogen and oxygen atoms in total. The Morgan fingerprint density at radius 3 is 2.87 bits per heavy atom. The zero-order valence-corrected chi connectivity index (χ0v) is 9.45. The van der Waals surface area contributed by atoms with Crippen LogP contribution in [-0.2, 0) is 9.59 Å². The highest BCUT2D eigenvalue weighted by Gasteiger charge is 2.44. The minimum Gasteiger partial charge on any atom is -0.298 e. The monoisotopic (exact) mass is 206 g/mol. The molecule has 1 unspecified atom stereocenters. The second-order valence-electron chi connectivity index (χ2n) is 5.24. The molecular weight excluding hydrogens is 188 g/mol. The lowest BCUT2D eigenvalue weighted by molar-refractivity contribution is -0.121. The summed E-state index contributed by atoms with van der Waals surface area (Å²) in [5.41, 5.74) is 0.477. The van der Waals surface area contributed by atoms with Gasteiger partial charge in [-0.1, -0.05) is 26.3 Å².